The van der Waals surface area contributed by atoms with Gasteiger partial charge in [-0.3, -0.25) is 0 Å². The molecule has 0 saturated heterocycles. The molecule has 0 aliphatic carbocycles. The Bertz CT molecular complexity index is 415. The molecule has 1 heterocycles. The van der Waals surface area contributed by atoms with Gasteiger partial charge in [-0.2, -0.15) is 0 Å². The van der Waals surface area contributed by atoms with Crippen molar-refractivity contribution in [3.8, 4) is 11.5 Å². The van der Waals surface area contributed by atoms with Crippen LogP contribution < -0.4 is 9.47 Å². The molecular formula is C12H15NO3. The van der Waals surface area contributed by atoms with Crippen LogP contribution >= 0.6 is 0 Å². The summed E-state index contributed by atoms with van der Waals surface area (Å²) in [5, 5.41) is 11.6. The molecule has 4 nitrogen and oxygen atoms in total. The normalized spacial score (nSPS) is 18.5. The first kappa shape index (κ1) is 10.8. The lowest BCUT2D eigenvalue weighted by molar-refractivity contribution is 0.254. The maximum Gasteiger partial charge on any atom is 0.128 e. The van der Waals surface area contributed by atoms with Gasteiger partial charge < -0.3 is 14.7 Å². The first-order chi connectivity index (χ1) is 7.74. The van der Waals surface area contributed by atoms with Gasteiger partial charge in [0.1, 0.15) is 17.6 Å². The molecule has 4 heteroatoms. The molecule has 0 fully saturated rings. The van der Waals surface area contributed by atoms with Gasteiger partial charge in [-0.05, 0) is 26.0 Å². The molecule has 1 aliphatic rings. The number of benzene rings is 1. The molecule has 1 aromatic carbocycles. The van der Waals surface area contributed by atoms with Gasteiger partial charge in [-0.1, -0.05) is 5.16 Å². The minimum absolute atomic E-state index is 0.200. The minimum atomic E-state index is 0.200. The second kappa shape index (κ2) is 4.43. The number of nitrogens with zero attached hydrogens (tertiary/aromatic N) is 1. The van der Waals surface area contributed by atoms with Crippen LogP contribution in [0.1, 0.15) is 25.0 Å². The molecule has 0 saturated carbocycles. The summed E-state index contributed by atoms with van der Waals surface area (Å²) in [7, 11) is 0. The lowest BCUT2D eigenvalue weighted by Gasteiger charge is -2.09. The number of fused-ring (bicyclic) bond motifs is 1. The average molecular weight is 221 g/mol. The van der Waals surface area contributed by atoms with Gasteiger partial charge >= 0.3 is 0 Å². The van der Waals surface area contributed by atoms with Crippen LogP contribution in [0.15, 0.2) is 17.3 Å². The molecule has 0 spiro atoms. The second-order valence-corrected chi connectivity index (χ2v) is 3.81. The Kier molecular flexibility index (Phi) is 2.99. The van der Waals surface area contributed by atoms with Crippen LogP contribution in [0.3, 0.4) is 0 Å². The van der Waals surface area contributed by atoms with E-state index in [1.54, 1.807) is 0 Å². The fourth-order valence-corrected chi connectivity index (χ4v) is 1.90. The van der Waals surface area contributed by atoms with Crippen LogP contribution in [0.5, 0.6) is 11.5 Å². The molecule has 0 aromatic heterocycles. The van der Waals surface area contributed by atoms with Crippen molar-refractivity contribution in [2.24, 2.45) is 5.16 Å². The highest BCUT2D eigenvalue weighted by Gasteiger charge is 2.21. The van der Waals surface area contributed by atoms with Crippen LogP contribution in [-0.4, -0.2) is 24.1 Å². The van der Waals surface area contributed by atoms with Crippen molar-refractivity contribution in [2.75, 3.05) is 6.61 Å². The highest BCUT2D eigenvalue weighted by Crippen LogP contribution is 2.34. The zero-order chi connectivity index (χ0) is 11.5. The largest absolute Gasteiger partial charge is 0.493 e. The van der Waals surface area contributed by atoms with Crippen molar-refractivity contribution in [1.82, 2.24) is 0 Å². The molecule has 0 amide bonds. The van der Waals surface area contributed by atoms with Crippen LogP contribution in [0, 0.1) is 0 Å². The monoisotopic (exact) mass is 221 g/mol. The Morgan fingerprint density at radius 1 is 1.62 bits per heavy atom. The summed E-state index contributed by atoms with van der Waals surface area (Å²) in [5.41, 5.74) is 1.88. The molecule has 1 aromatic rings. The predicted octanol–water partition coefficient (Wildman–Crippen LogP) is 2.22. The Hall–Kier alpha value is -1.71. The highest BCUT2D eigenvalue weighted by atomic mass is 16.5. The molecule has 16 heavy (non-hydrogen) atoms. The molecule has 1 N–H and O–H groups in total. The van der Waals surface area contributed by atoms with E-state index in [0.29, 0.717) is 6.61 Å². The molecule has 1 aliphatic heterocycles. The van der Waals surface area contributed by atoms with E-state index in [0.717, 1.165) is 29.0 Å². The summed E-state index contributed by atoms with van der Waals surface area (Å²) >= 11 is 0. The number of oxime groups is 1. The van der Waals surface area contributed by atoms with E-state index in [-0.39, 0.29) is 6.10 Å². The summed E-state index contributed by atoms with van der Waals surface area (Å²) in [6.45, 7) is 4.54. The molecule has 0 radical (unpaired) electrons. The van der Waals surface area contributed by atoms with E-state index in [1.165, 1.54) is 6.21 Å². The van der Waals surface area contributed by atoms with Crippen molar-refractivity contribution in [3.05, 3.63) is 23.3 Å². The lowest BCUT2D eigenvalue weighted by atomic mass is 10.1. The van der Waals surface area contributed by atoms with Crippen molar-refractivity contribution < 1.29 is 14.7 Å². The molecular weight excluding hydrogens is 206 g/mol. The standard InChI is InChI=1S/C12H15NO3/c1-3-15-11-5-9-4-8(2)16-12(9)6-10(11)7-13-14/h5-8,14H,3-4H2,1-2H3/b13-7+. The van der Waals surface area contributed by atoms with Gasteiger partial charge in [0.25, 0.3) is 0 Å². The minimum Gasteiger partial charge on any atom is -0.493 e. The fourth-order valence-electron chi connectivity index (χ4n) is 1.90. The van der Waals surface area contributed by atoms with Crippen LogP contribution in [0.2, 0.25) is 0 Å². The van der Waals surface area contributed by atoms with Gasteiger partial charge in [0.15, 0.2) is 0 Å². The third-order valence-electron chi connectivity index (χ3n) is 2.53. The van der Waals surface area contributed by atoms with Crippen LogP contribution in [0.4, 0.5) is 0 Å². The van der Waals surface area contributed by atoms with E-state index in [1.807, 2.05) is 26.0 Å². The first-order valence-electron chi connectivity index (χ1n) is 5.38. The van der Waals surface area contributed by atoms with Crippen molar-refractivity contribution in [3.63, 3.8) is 0 Å². The van der Waals surface area contributed by atoms with Gasteiger partial charge in [-0.25, -0.2) is 0 Å². The number of hydrogen-bond acceptors (Lipinski definition) is 4. The summed E-state index contributed by atoms with van der Waals surface area (Å²) in [5.74, 6) is 1.59. The maximum atomic E-state index is 8.59. The van der Waals surface area contributed by atoms with E-state index < -0.39 is 0 Å². The zero-order valence-corrected chi connectivity index (χ0v) is 9.43. The maximum absolute atomic E-state index is 8.59. The van der Waals surface area contributed by atoms with Crippen LogP contribution in [0.25, 0.3) is 0 Å². The van der Waals surface area contributed by atoms with E-state index in [9.17, 15) is 0 Å². The van der Waals surface area contributed by atoms with Crippen molar-refractivity contribution >= 4 is 6.21 Å². The van der Waals surface area contributed by atoms with Crippen molar-refractivity contribution in [2.45, 2.75) is 26.4 Å². The Morgan fingerprint density at radius 3 is 3.12 bits per heavy atom. The predicted molar refractivity (Wildman–Crippen MR) is 60.8 cm³/mol. The van der Waals surface area contributed by atoms with E-state index in [2.05, 4.69) is 5.16 Å². The fraction of sp³-hybridized carbons (Fsp3) is 0.417. The number of hydrogen-bond donors (Lipinski definition) is 1. The summed E-state index contributed by atoms with van der Waals surface area (Å²) < 4.78 is 11.1. The summed E-state index contributed by atoms with van der Waals surface area (Å²) in [4.78, 5) is 0. The molecule has 1 unspecified atom stereocenters. The Balaban J connectivity index is 2.40. The van der Waals surface area contributed by atoms with Gasteiger partial charge in [0.05, 0.1) is 12.8 Å². The Morgan fingerprint density at radius 2 is 2.44 bits per heavy atom. The third kappa shape index (κ3) is 1.96. The first-order valence-corrected chi connectivity index (χ1v) is 5.38. The Labute approximate surface area is 94.5 Å². The van der Waals surface area contributed by atoms with E-state index >= 15 is 0 Å². The third-order valence-corrected chi connectivity index (χ3v) is 2.53. The lowest BCUT2D eigenvalue weighted by Crippen LogP contribution is -2.05. The number of rotatable bonds is 3. The summed E-state index contributed by atoms with van der Waals surface area (Å²) in [6.07, 6.45) is 2.45. The molecule has 2 rings (SSSR count). The second-order valence-electron chi connectivity index (χ2n) is 3.81. The molecule has 1 atom stereocenters. The van der Waals surface area contributed by atoms with Gasteiger partial charge in [0, 0.05) is 17.5 Å². The quantitative estimate of drug-likeness (QED) is 0.483. The van der Waals surface area contributed by atoms with Gasteiger partial charge in [0.2, 0.25) is 0 Å². The van der Waals surface area contributed by atoms with Crippen molar-refractivity contribution in [1.29, 1.82) is 0 Å². The highest BCUT2D eigenvalue weighted by molar-refractivity contribution is 5.84. The molecule has 0 bridgehead atoms. The van der Waals surface area contributed by atoms with E-state index in [4.69, 9.17) is 14.7 Å². The average Bonchev–Trinajstić information content (AvgIpc) is 2.58. The topological polar surface area (TPSA) is 51.0 Å². The molecule has 86 valence electrons. The van der Waals surface area contributed by atoms with Gasteiger partial charge in [-0.15, -0.1) is 0 Å². The number of ether oxygens (including phenoxy) is 2. The zero-order valence-electron chi connectivity index (χ0n) is 9.43. The van der Waals surface area contributed by atoms with Crippen LogP contribution in [-0.2, 0) is 6.42 Å². The smallest absolute Gasteiger partial charge is 0.128 e. The SMILES string of the molecule is CCOc1cc2c(cc1/C=N/O)OC(C)C2. The summed E-state index contributed by atoms with van der Waals surface area (Å²) in [6, 6.07) is 3.81.